The van der Waals surface area contributed by atoms with E-state index in [-0.39, 0.29) is 24.0 Å². The van der Waals surface area contributed by atoms with Gasteiger partial charge in [-0.2, -0.15) is 0 Å². The second-order valence-electron chi connectivity index (χ2n) is 4.70. The van der Waals surface area contributed by atoms with E-state index in [2.05, 4.69) is 37.8 Å². The van der Waals surface area contributed by atoms with Gasteiger partial charge in [0.2, 0.25) is 0 Å². The maximum absolute atomic E-state index is 5.81. The second-order valence-corrected chi connectivity index (χ2v) is 4.70. The van der Waals surface area contributed by atoms with Crippen LogP contribution in [0, 0.1) is 5.92 Å². The topological polar surface area (TPSA) is 44.9 Å². The Morgan fingerprint density at radius 1 is 1.12 bits per heavy atom. The van der Waals surface area contributed by atoms with Crippen molar-refractivity contribution in [3.05, 3.63) is 0 Å². The molecule has 104 valence electrons. The first-order chi connectivity index (χ1) is 7.43. The van der Waals surface area contributed by atoms with Crippen LogP contribution in [0.3, 0.4) is 0 Å². The minimum Gasteiger partial charge on any atom is -0.370 e. The Morgan fingerprint density at radius 3 is 1.88 bits per heavy atom. The Kier molecular flexibility index (Phi) is 11.3. The SMILES string of the molecule is CCC(CC)C(CN=C(N)N(C)C)N(C)C.I. The molecule has 2 N–H and O–H groups in total. The molecular formula is C12H29IN4. The van der Waals surface area contributed by atoms with Gasteiger partial charge in [0.1, 0.15) is 0 Å². The Morgan fingerprint density at radius 2 is 1.59 bits per heavy atom. The van der Waals surface area contributed by atoms with Crippen molar-refractivity contribution < 1.29 is 0 Å². The van der Waals surface area contributed by atoms with Crippen molar-refractivity contribution in [2.75, 3.05) is 34.7 Å². The monoisotopic (exact) mass is 356 g/mol. The predicted molar refractivity (Wildman–Crippen MR) is 87.1 cm³/mol. The Balaban J connectivity index is 0. The average molecular weight is 356 g/mol. The first kappa shape index (κ1) is 19.3. The van der Waals surface area contributed by atoms with E-state index in [0.717, 1.165) is 6.54 Å². The summed E-state index contributed by atoms with van der Waals surface area (Å²) in [6.45, 7) is 5.26. The highest BCUT2D eigenvalue weighted by atomic mass is 127. The fourth-order valence-electron chi connectivity index (χ4n) is 1.90. The van der Waals surface area contributed by atoms with Crippen LogP contribution in [0.2, 0.25) is 0 Å². The van der Waals surface area contributed by atoms with Gasteiger partial charge in [0, 0.05) is 20.1 Å². The summed E-state index contributed by atoms with van der Waals surface area (Å²) in [5.41, 5.74) is 5.81. The maximum Gasteiger partial charge on any atom is 0.190 e. The fourth-order valence-corrected chi connectivity index (χ4v) is 1.90. The van der Waals surface area contributed by atoms with Crippen LogP contribution in [-0.2, 0) is 0 Å². The summed E-state index contributed by atoms with van der Waals surface area (Å²) >= 11 is 0. The molecule has 5 heteroatoms. The van der Waals surface area contributed by atoms with Crippen LogP contribution in [0.25, 0.3) is 0 Å². The number of aliphatic imine (C=N–C) groups is 1. The molecule has 17 heavy (non-hydrogen) atoms. The summed E-state index contributed by atoms with van der Waals surface area (Å²) in [5.74, 6) is 1.30. The molecule has 1 atom stereocenters. The van der Waals surface area contributed by atoms with Crippen LogP contribution < -0.4 is 5.73 Å². The number of nitrogens with zero attached hydrogens (tertiary/aromatic N) is 3. The second kappa shape index (κ2) is 9.94. The predicted octanol–water partition coefficient (Wildman–Crippen LogP) is 1.85. The summed E-state index contributed by atoms with van der Waals surface area (Å²) in [7, 11) is 8.07. The molecule has 0 aliphatic carbocycles. The normalized spacial score (nSPS) is 13.8. The van der Waals surface area contributed by atoms with Gasteiger partial charge in [-0.1, -0.05) is 26.7 Å². The van der Waals surface area contributed by atoms with Gasteiger partial charge in [0.15, 0.2) is 5.96 Å². The van der Waals surface area contributed by atoms with Gasteiger partial charge < -0.3 is 15.5 Å². The molecule has 0 aromatic rings. The summed E-state index contributed by atoms with van der Waals surface area (Å²) in [6.07, 6.45) is 2.38. The first-order valence-corrected chi connectivity index (χ1v) is 6.07. The van der Waals surface area contributed by atoms with Gasteiger partial charge in [0.05, 0.1) is 6.54 Å². The lowest BCUT2D eigenvalue weighted by Crippen LogP contribution is -2.39. The summed E-state index contributed by atoms with van der Waals surface area (Å²) in [4.78, 5) is 8.54. The van der Waals surface area contributed by atoms with E-state index in [1.54, 1.807) is 0 Å². The van der Waals surface area contributed by atoms with Gasteiger partial charge in [-0.25, -0.2) is 0 Å². The van der Waals surface area contributed by atoms with E-state index in [1.807, 2.05) is 19.0 Å². The number of likely N-dealkylation sites (N-methyl/N-ethyl adjacent to an activating group) is 1. The summed E-state index contributed by atoms with van der Waals surface area (Å²) < 4.78 is 0. The number of hydrogen-bond donors (Lipinski definition) is 1. The molecule has 4 nitrogen and oxygen atoms in total. The average Bonchev–Trinajstić information content (AvgIpc) is 2.22. The number of nitrogens with two attached hydrogens (primary N) is 1. The van der Waals surface area contributed by atoms with Gasteiger partial charge in [-0.15, -0.1) is 24.0 Å². The van der Waals surface area contributed by atoms with E-state index in [4.69, 9.17) is 5.73 Å². The molecule has 0 saturated carbocycles. The number of rotatable bonds is 6. The highest BCUT2D eigenvalue weighted by Crippen LogP contribution is 2.17. The van der Waals surface area contributed by atoms with Crippen LogP contribution >= 0.6 is 24.0 Å². The van der Waals surface area contributed by atoms with Gasteiger partial charge in [-0.05, 0) is 20.0 Å². The number of halogens is 1. The molecule has 0 aliphatic heterocycles. The van der Waals surface area contributed by atoms with E-state index in [0.29, 0.717) is 17.9 Å². The first-order valence-electron chi connectivity index (χ1n) is 6.07. The molecule has 0 radical (unpaired) electrons. The third kappa shape index (κ3) is 7.08. The van der Waals surface area contributed by atoms with E-state index < -0.39 is 0 Å². The number of hydrogen-bond acceptors (Lipinski definition) is 2. The van der Waals surface area contributed by atoms with Crippen LogP contribution in [0.5, 0.6) is 0 Å². The smallest absolute Gasteiger partial charge is 0.190 e. The third-order valence-electron chi connectivity index (χ3n) is 3.15. The van der Waals surface area contributed by atoms with Gasteiger partial charge in [-0.3, -0.25) is 4.99 Å². The molecule has 0 aromatic carbocycles. The third-order valence-corrected chi connectivity index (χ3v) is 3.15. The largest absolute Gasteiger partial charge is 0.370 e. The molecule has 0 rings (SSSR count). The highest BCUT2D eigenvalue weighted by Gasteiger charge is 2.20. The van der Waals surface area contributed by atoms with Crippen molar-refractivity contribution in [3.8, 4) is 0 Å². The van der Waals surface area contributed by atoms with Crippen molar-refractivity contribution in [2.45, 2.75) is 32.7 Å². The minimum absolute atomic E-state index is 0. The number of guanidine groups is 1. The Bertz CT molecular complexity index is 213. The molecule has 0 spiro atoms. The van der Waals surface area contributed by atoms with Crippen LogP contribution in [-0.4, -0.2) is 56.5 Å². The van der Waals surface area contributed by atoms with Crippen molar-refractivity contribution >= 4 is 29.9 Å². The van der Waals surface area contributed by atoms with Crippen molar-refractivity contribution in [2.24, 2.45) is 16.6 Å². The molecule has 0 aliphatic rings. The maximum atomic E-state index is 5.81. The summed E-state index contributed by atoms with van der Waals surface area (Å²) in [5, 5.41) is 0. The zero-order valence-corrected chi connectivity index (χ0v) is 14.4. The van der Waals surface area contributed by atoms with Crippen LogP contribution in [0.4, 0.5) is 0 Å². The molecule has 1 unspecified atom stereocenters. The summed E-state index contributed by atoms with van der Waals surface area (Å²) in [6, 6.07) is 0.480. The standard InChI is InChI=1S/C12H28N4.HI/c1-7-10(8-2)11(15(3)4)9-14-12(13)16(5)6;/h10-11H,7-9H2,1-6H3,(H2,13,14);1H. The molecule has 0 bridgehead atoms. The molecule has 0 heterocycles. The lowest BCUT2D eigenvalue weighted by atomic mass is 9.93. The van der Waals surface area contributed by atoms with Crippen LogP contribution in [0.1, 0.15) is 26.7 Å². The molecule has 0 amide bonds. The fraction of sp³-hybridized carbons (Fsp3) is 0.917. The van der Waals surface area contributed by atoms with Crippen molar-refractivity contribution in [1.82, 2.24) is 9.80 Å². The highest BCUT2D eigenvalue weighted by molar-refractivity contribution is 14.0. The lowest BCUT2D eigenvalue weighted by molar-refractivity contribution is 0.206. The minimum atomic E-state index is 0. The zero-order chi connectivity index (χ0) is 12.7. The molecular weight excluding hydrogens is 327 g/mol. The zero-order valence-electron chi connectivity index (χ0n) is 12.1. The molecule has 0 aromatic heterocycles. The van der Waals surface area contributed by atoms with E-state index in [1.165, 1.54) is 12.8 Å². The van der Waals surface area contributed by atoms with Gasteiger partial charge in [0.25, 0.3) is 0 Å². The quantitative estimate of drug-likeness (QED) is 0.449. The Hall–Kier alpha value is -0.0400. The van der Waals surface area contributed by atoms with Crippen molar-refractivity contribution in [1.29, 1.82) is 0 Å². The van der Waals surface area contributed by atoms with Crippen molar-refractivity contribution in [3.63, 3.8) is 0 Å². The lowest BCUT2D eigenvalue weighted by Gasteiger charge is -2.30. The van der Waals surface area contributed by atoms with Crippen LogP contribution in [0.15, 0.2) is 4.99 Å². The molecule has 0 saturated heterocycles. The van der Waals surface area contributed by atoms with E-state index >= 15 is 0 Å². The Labute approximate surface area is 124 Å². The molecule has 0 fully saturated rings. The van der Waals surface area contributed by atoms with Gasteiger partial charge >= 0.3 is 0 Å². The van der Waals surface area contributed by atoms with E-state index in [9.17, 15) is 0 Å².